The number of carbonyl (C=O) groups excluding carboxylic acids is 1. The van der Waals surface area contributed by atoms with Crippen LogP contribution in [0.15, 0.2) is 54.9 Å². The molecule has 2 aromatic heterocycles. The summed E-state index contributed by atoms with van der Waals surface area (Å²) in [6, 6.07) is 14.4. The van der Waals surface area contributed by atoms with Crippen molar-refractivity contribution in [3.63, 3.8) is 0 Å². The Bertz CT molecular complexity index is 1620. The van der Waals surface area contributed by atoms with E-state index >= 15 is 0 Å². The molecule has 0 fully saturated rings. The number of nitrogens with one attached hydrogen (secondary N) is 3. The maximum Gasteiger partial charge on any atom is 0.323 e. The average Bonchev–Trinajstić information content (AvgIpc) is 3.29. The summed E-state index contributed by atoms with van der Waals surface area (Å²) >= 11 is 1.44. The van der Waals surface area contributed by atoms with Crippen LogP contribution in [0.2, 0.25) is 0 Å². The van der Waals surface area contributed by atoms with E-state index in [0.717, 1.165) is 21.2 Å². The number of ether oxygens (including phenoxy) is 3. The van der Waals surface area contributed by atoms with E-state index in [0.29, 0.717) is 45.1 Å². The number of methoxy groups -OCH3 is 3. The fourth-order valence-corrected chi connectivity index (χ4v) is 4.75. The lowest BCUT2D eigenvalue weighted by atomic mass is 10.2. The summed E-state index contributed by atoms with van der Waals surface area (Å²) in [5.74, 6) is 2.34. The van der Waals surface area contributed by atoms with Gasteiger partial charge in [-0.05, 0) is 48.9 Å². The van der Waals surface area contributed by atoms with Crippen LogP contribution in [0.3, 0.4) is 0 Å². The fourth-order valence-electron chi connectivity index (χ4n) is 3.84. The SMILES string of the molecule is COc1ccc(C)cc1NC(=O)Nc1ccc2nc(Nc3ncnc4cc(OC)c(OC)cc34)sc2c1. The molecule has 0 atom stereocenters. The second-order valence-corrected chi connectivity index (χ2v) is 9.09. The highest BCUT2D eigenvalue weighted by Crippen LogP contribution is 2.36. The van der Waals surface area contributed by atoms with Gasteiger partial charge in [-0.1, -0.05) is 17.4 Å². The van der Waals surface area contributed by atoms with Crippen molar-refractivity contribution in [1.29, 1.82) is 0 Å². The molecule has 11 heteroatoms. The molecule has 3 aromatic carbocycles. The number of aryl methyl sites for hydroxylation is 1. The van der Waals surface area contributed by atoms with Gasteiger partial charge in [0, 0.05) is 17.1 Å². The minimum absolute atomic E-state index is 0.372. The first-order valence-corrected chi connectivity index (χ1v) is 12.1. The van der Waals surface area contributed by atoms with E-state index < -0.39 is 0 Å². The summed E-state index contributed by atoms with van der Waals surface area (Å²) in [6.07, 6.45) is 1.48. The van der Waals surface area contributed by atoms with Crippen LogP contribution in [0, 0.1) is 6.92 Å². The van der Waals surface area contributed by atoms with E-state index in [4.69, 9.17) is 14.2 Å². The molecule has 0 aliphatic rings. The lowest BCUT2D eigenvalue weighted by Gasteiger charge is -2.12. The van der Waals surface area contributed by atoms with Gasteiger partial charge in [0.25, 0.3) is 0 Å². The highest BCUT2D eigenvalue weighted by Gasteiger charge is 2.14. The lowest BCUT2D eigenvalue weighted by molar-refractivity contribution is 0.262. The number of urea groups is 1. The number of anilines is 4. The van der Waals surface area contributed by atoms with E-state index in [9.17, 15) is 4.79 Å². The molecule has 0 bridgehead atoms. The smallest absolute Gasteiger partial charge is 0.323 e. The third-order valence-corrected chi connectivity index (χ3v) is 6.55. The number of nitrogens with zero attached hydrogens (tertiary/aromatic N) is 3. The number of amides is 2. The van der Waals surface area contributed by atoms with Crippen LogP contribution in [-0.2, 0) is 0 Å². The quantitative estimate of drug-likeness (QED) is 0.242. The van der Waals surface area contributed by atoms with Gasteiger partial charge >= 0.3 is 6.03 Å². The van der Waals surface area contributed by atoms with Crippen LogP contribution < -0.4 is 30.2 Å². The molecule has 0 unspecified atom stereocenters. The van der Waals surface area contributed by atoms with Crippen LogP contribution in [0.5, 0.6) is 17.2 Å². The zero-order valence-corrected chi connectivity index (χ0v) is 21.4. The maximum absolute atomic E-state index is 12.6. The van der Waals surface area contributed by atoms with Crippen molar-refractivity contribution in [3.8, 4) is 17.2 Å². The summed E-state index contributed by atoms with van der Waals surface area (Å²) in [5, 5.41) is 10.4. The highest BCUT2D eigenvalue weighted by molar-refractivity contribution is 7.22. The molecular formula is C26H24N6O4S. The summed E-state index contributed by atoms with van der Waals surface area (Å²) in [7, 11) is 4.73. The van der Waals surface area contributed by atoms with Gasteiger partial charge in [0.05, 0.1) is 42.8 Å². The molecule has 5 aromatic rings. The second kappa shape index (κ2) is 10.2. The topological polar surface area (TPSA) is 120 Å². The third-order valence-electron chi connectivity index (χ3n) is 5.62. The molecule has 2 heterocycles. The second-order valence-electron chi connectivity index (χ2n) is 8.06. The number of fused-ring (bicyclic) bond motifs is 2. The van der Waals surface area contributed by atoms with E-state index in [1.165, 1.54) is 17.7 Å². The number of hydrogen-bond acceptors (Lipinski definition) is 9. The molecule has 5 rings (SSSR count). The molecule has 37 heavy (non-hydrogen) atoms. The standard InChI is InChI=1S/C26H24N6O4S/c1-14-5-8-20(34-2)19(9-14)30-25(33)29-15-6-7-17-23(10-15)37-26(31-17)32-24-16-11-21(35-3)22(36-4)12-18(16)27-13-28-24/h5-13H,1-4H3,(H2,29,30,33)(H,27,28,31,32). The first-order chi connectivity index (χ1) is 18.0. The Morgan fingerprint density at radius 3 is 2.41 bits per heavy atom. The minimum Gasteiger partial charge on any atom is -0.495 e. The Kier molecular flexibility index (Phi) is 6.60. The first kappa shape index (κ1) is 24.1. The molecule has 0 aliphatic carbocycles. The molecule has 0 saturated carbocycles. The Morgan fingerprint density at radius 2 is 1.62 bits per heavy atom. The summed E-state index contributed by atoms with van der Waals surface area (Å²) in [4.78, 5) is 26.0. The molecule has 0 spiro atoms. The van der Waals surface area contributed by atoms with Crippen LogP contribution >= 0.6 is 11.3 Å². The van der Waals surface area contributed by atoms with Crippen molar-refractivity contribution in [2.75, 3.05) is 37.3 Å². The molecule has 188 valence electrons. The van der Waals surface area contributed by atoms with Crippen LogP contribution in [0.4, 0.5) is 27.1 Å². The number of carbonyl (C=O) groups is 1. The zero-order chi connectivity index (χ0) is 25.9. The highest BCUT2D eigenvalue weighted by atomic mass is 32.1. The average molecular weight is 517 g/mol. The van der Waals surface area contributed by atoms with Gasteiger partial charge < -0.3 is 30.2 Å². The molecule has 0 saturated heterocycles. The molecule has 0 aliphatic heterocycles. The van der Waals surface area contributed by atoms with E-state index in [-0.39, 0.29) is 6.03 Å². The molecule has 10 nitrogen and oxygen atoms in total. The van der Waals surface area contributed by atoms with Crippen molar-refractivity contribution in [3.05, 3.63) is 60.4 Å². The van der Waals surface area contributed by atoms with Gasteiger partial charge in [0.2, 0.25) is 0 Å². The van der Waals surface area contributed by atoms with E-state index in [1.54, 1.807) is 33.5 Å². The molecule has 3 N–H and O–H groups in total. The monoisotopic (exact) mass is 516 g/mol. The predicted octanol–water partition coefficient (Wildman–Crippen LogP) is 5.96. The van der Waals surface area contributed by atoms with Crippen LogP contribution in [0.25, 0.3) is 21.1 Å². The Hall–Kier alpha value is -4.64. The number of thiazole rings is 1. The Labute approximate surface area is 216 Å². The molecule has 0 radical (unpaired) electrons. The van der Waals surface area contributed by atoms with Crippen molar-refractivity contribution in [2.24, 2.45) is 0 Å². The van der Waals surface area contributed by atoms with Gasteiger partial charge in [-0.3, -0.25) is 0 Å². The number of aromatic nitrogens is 3. The van der Waals surface area contributed by atoms with Gasteiger partial charge in [-0.25, -0.2) is 19.7 Å². The van der Waals surface area contributed by atoms with Gasteiger partial charge in [-0.2, -0.15) is 0 Å². The van der Waals surface area contributed by atoms with Crippen molar-refractivity contribution in [2.45, 2.75) is 6.92 Å². The van der Waals surface area contributed by atoms with Crippen molar-refractivity contribution in [1.82, 2.24) is 15.0 Å². The van der Waals surface area contributed by atoms with Crippen molar-refractivity contribution >= 4 is 60.8 Å². The van der Waals surface area contributed by atoms with Gasteiger partial charge in [0.15, 0.2) is 16.6 Å². The minimum atomic E-state index is -0.372. The Balaban J connectivity index is 1.36. The largest absolute Gasteiger partial charge is 0.495 e. The summed E-state index contributed by atoms with van der Waals surface area (Å²) in [5.41, 5.74) is 3.74. The van der Waals surface area contributed by atoms with E-state index in [2.05, 4.69) is 30.9 Å². The summed E-state index contributed by atoms with van der Waals surface area (Å²) in [6.45, 7) is 1.95. The van der Waals surface area contributed by atoms with Crippen LogP contribution in [-0.4, -0.2) is 42.3 Å². The fraction of sp³-hybridized carbons (Fsp3) is 0.154. The van der Waals surface area contributed by atoms with E-state index in [1.807, 2.05) is 43.3 Å². The normalized spacial score (nSPS) is 10.8. The molecule has 2 amide bonds. The van der Waals surface area contributed by atoms with Gasteiger partial charge in [-0.15, -0.1) is 0 Å². The van der Waals surface area contributed by atoms with Crippen LogP contribution in [0.1, 0.15) is 5.56 Å². The number of benzene rings is 3. The third kappa shape index (κ3) is 5.02. The Morgan fingerprint density at radius 1 is 0.838 bits per heavy atom. The lowest BCUT2D eigenvalue weighted by Crippen LogP contribution is -2.19. The number of hydrogen-bond donors (Lipinski definition) is 3. The maximum atomic E-state index is 12.6. The number of rotatable bonds is 7. The molecular weight excluding hydrogens is 492 g/mol. The zero-order valence-electron chi connectivity index (χ0n) is 20.6. The summed E-state index contributed by atoms with van der Waals surface area (Å²) < 4.78 is 17.0. The predicted molar refractivity (Wildman–Crippen MR) is 146 cm³/mol. The first-order valence-electron chi connectivity index (χ1n) is 11.2. The van der Waals surface area contributed by atoms with Crippen molar-refractivity contribution < 1.29 is 19.0 Å². The van der Waals surface area contributed by atoms with Gasteiger partial charge in [0.1, 0.15) is 17.9 Å².